The van der Waals surface area contributed by atoms with E-state index in [9.17, 15) is 4.79 Å². The first-order valence-electron chi connectivity index (χ1n) is 7.68. The highest BCUT2D eigenvalue weighted by molar-refractivity contribution is 7.80. The normalized spacial score (nSPS) is 17.8. The van der Waals surface area contributed by atoms with Crippen molar-refractivity contribution in [1.82, 2.24) is 5.32 Å². The minimum absolute atomic E-state index is 0.00148. The van der Waals surface area contributed by atoms with Crippen molar-refractivity contribution >= 4 is 23.1 Å². The number of benzene rings is 1. The van der Waals surface area contributed by atoms with Crippen LogP contribution in [0.4, 0.5) is 0 Å². The van der Waals surface area contributed by atoms with Gasteiger partial charge in [-0.2, -0.15) is 0 Å². The Kier molecular flexibility index (Phi) is 5.34. The third kappa shape index (κ3) is 3.82. The zero-order valence-corrected chi connectivity index (χ0v) is 13.5. The lowest BCUT2D eigenvalue weighted by molar-refractivity contribution is -0.128. The van der Waals surface area contributed by atoms with Crippen molar-refractivity contribution in [3.63, 3.8) is 0 Å². The lowest BCUT2D eigenvalue weighted by Gasteiger charge is -2.30. The van der Waals surface area contributed by atoms with Crippen LogP contribution in [0.3, 0.4) is 0 Å². The molecule has 0 saturated heterocycles. The monoisotopic (exact) mass is 304 g/mol. The molecule has 3 N–H and O–H groups in total. The van der Waals surface area contributed by atoms with Gasteiger partial charge in [0.2, 0.25) is 5.91 Å². The summed E-state index contributed by atoms with van der Waals surface area (Å²) in [6, 6.07) is 8.16. The van der Waals surface area contributed by atoms with Gasteiger partial charge in [0, 0.05) is 6.54 Å². The van der Waals surface area contributed by atoms with Gasteiger partial charge in [0.25, 0.3) is 0 Å². The summed E-state index contributed by atoms with van der Waals surface area (Å²) in [6.45, 7) is 2.58. The zero-order valence-electron chi connectivity index (χ0n) is 12.7. The molecule has 0 bridgehead atoms. The third-order valence-electron chi connectivity index (χ3n) is 4.40. The van der Waals surface area contributed by atoms with Crippen molar-refractivity contribution in [3.05, 3.63) is 35.4 Å². The molecule has 1 fully saturated rings. The van der Waals surface area contributed by atoms with Crippen molar-refractivity contribution in [1.29, 1.82) is 0 Å². The Morgan fingerprint density at radius 1 is 1.29 bits per heavy atom. The molecule has 0 aliphatic heterocycles. The van der Waals surface area contributed by atoms with Gasteiger partial charge < -0.3 is 11.1 Å². The lowest BCUT2D eigenvalue weighted by atomic mass is 9.79. The number of hydrogen-bond acceptors (Lipinski definition) is 2. The maximum atomic E-state index is 12.7. The van der Waals surface area contributed by atoms with Crippen LogP contribution in [0.1, 0.15) is 49.7 Å². The van der Waals surface area contributed by atoms with E-state index in [2.05, 4.69) is 11.4 Å². The molecule has 0 aromatic heterocycles. The van der Waals surface area contributed by atoms with Gasteiger partial charge in [0.1, 0.15) is 0 Å². The number of carbonyl (C=O) groups is 1. The van der Waals surface area contributed by atoms with Gasteiger partial charge in [-0.1, -0.05) is 67.7 Å². The predicted octanol–water partition coefficient (Wildman–Crippen LogP) is 3.24. The van der Waals surface area contributed by atoms with Crippen molar-refractivity contribution in [2.45, 2.75) is 52.0 Å². The maximum Gasteiger partial charge on any atom is 0.233 e. The summed E-state index contributed by atoms with van der Waals surface area (Å²) in [5, 5.41) is 3.04. The maximum absolute atomic E-state index is 12.7. The molecule has 0 heterocycles. The molecule has 1 aromatic rings. The lowest BCUT2D eigenvalue weighted by Crippen LogP contribution is -2.48. The number of nitrogens with one attached hydrogen (secondary N) is 1. The van der Waals surface area contributed by atoms with Gasteiger partial charge >= 0.3 is 0 Å². The van der Waals surface area contributed by atoms with Gasteiger partial charge in [0.05, 0.1) is 10.4 Å². The third-order valence-corrected chi connectivity index (χ3v) is 4.79. The number of rotatable bonds is 4. The van der Waals surface area contributed by atoms with E-state index >= 15 is 0 Å². The molecule has 1 saturated carbocycles. The SMILES string of the molecule is Cc1cccc(CNC(=O)C2(C(N)=S)CCCCCC2)c1. The van der Waals surface area contributed by atoms with E-state index in [0.717, 1.165) is 44.1 Å². The Labute approximate surface area is 132 Å². The average Bonchev–Trinajstić information content (AvgIpc) is 2.71. The molecule has 114 valence electrons. The molecule has 21 heavy (non-hydrogen) atoms. The van der Waals surface area contributed by atoms with E-state index in [1.807, 2.05) is 25.1 Å². The molecule has 2 rings (SSSR count). The van der Waals surface area contributed by atoms with Crippen LogP contribution in [0.25, 0.3) is 0 Å². The second kappa shape index (κ2) is 7.03. The number of aryl methyl sites for hydroxylation is 1. The summed E-state index contributed by atoms with van der Waals surface area (Å²) in [7, 11) is 0. The number of amides is 1. The molecule has 0 atom stereocenters. The standard InChI is InChI=1S/C17H24N2OS/c1-13-7-6-8-14(11-13)12-19-16(20)17(15(18)21)9-4-2-3-5-10-17/h6-8,11H,2-5,9-10,12H2,1H3,(H2,18,21)(H,19,20). The van der Waals surface area contributed by atoms with E-state index in [-0.39, 0.29) is 5.91 Å². The fraction of sp³-hybridized carbons (Fsp3) is 0.529. The molecule has 1 amide bonds. The highest BCUT2D eigenvalue weighted by Crippen LogP contribution is 2.35. The fourth-order valence-electron chi connectivity index (χ4n) is 3.09. The van der Waals surface area contributed by atoms with E-state index in [0.29, 0.717) is 11.5 Å². The first kappa shape index (κ1) is 16.0. The minimum Gasteiger partial charge on any atom is -0.392 e. The molecular formula is C17H24N2OS. The zero-order chi connectivity index (χ0) is 15.3. The Bertz CT molecular complexity index is 519. The Morgan fingerprint density at radius 2 is 1.95 bits per heavy atom. The van der Waals surface area contributed by atoms with E-state index in [1.54, 1.807) is 0 Å². The summed E-state index contributed by atoms with van der Waals surface area (Å²) in [5.74, 6) is -0.00148. The summed E-state index contributed by atoms with van der Waals surface area (Å²) in [6.07, 6.45) is 5.93. The predicted molar refractivity (Wildman–Crippen MR) is 89.9 cm³/mol. The molecule has 1 aliphatic carbocycles. The van der Waals surface area contributed by atoms with Crippen LogP contribution in [-0.2, 0) is 11.3 Å². The van der Waals surface area contributed by atoms with Gasteiger partial charge in [-0.05, 0) is 25.3 Å². The molecule has 0 spiro atoms. The summed E-state index contributed by atoms with van der Waals surface area (Å²) in [5.41, 5.74) is 7.59. The summed E-state index contributed by atoms with van der Waals surface area (Å²) < 4.78 is 0. The van der Waals surface area contributed by atoms with Crippen molar-refractivity contribution in [2.75, 3.05) is 0 Å². The number of carbonyl (C=O) groups excluding carboxylic acids is 1. The first-order valence-corrected chi connectivity index (χ1v) is 8.09. The molecule has 1 aliphatic rings. The van der Waals surface area contributed by atoms with Gasteiger partial charge in [0.15, 0.2) is 0 Å². The second-order valence-corrected chi connectivity index (χ2v) is 6.47. The van der Waals surface area contributed by atoms with Crippen LogP contribution < -0.4 is 11.1 Å². The average molecular weight is 304 g/mol. The summed E-state index contributed by atoms with van der Waals surface area (Å²) >= 11 is 5.23. The molecular weight excluding hydrogens is 280 g/mol. The molecule has 3 nitrogen and oxygen atoms in total. The topological polar surface area (TPSA) is 55.1 Å². The van der Waals surface area contributed by atoms with E-state index in [4.69, 9.17) is 18.0 Å². The van der Waals surface area contributed by atoms with Crippen LogP contribution in [0.2, 0.25) is 0 Å². The van der Waals surface area contributed by atoms with Gasteiger partial charge in [-0.15, -0.1) is 0 Å². The van der Waals surface area contributed by atoms with Crippen molar-refractivity contribution < 1.29 is 4.79 Å². The highest BCUT2D eigenvalue weighted by Gasteiger charge is 2.41. The largest absolute Gasteiger partial charge is 0.392 e. The highest BCUT2D eigenvalue weighted by atomic mass is 32.1. The second-order valence-electron chi connectivity index (χ2n) is 6.03. The first-order chi connectivity index (χ1) is 10.0. The summed E-state index contributed by atoms with van der Waals surface area (Å²) in [4.78, 5) is 13.0. The molecule has 1 aromatic carbocycles. The van der Waals surface area contributed by atoms with Crippen LogP contribution in [0, 0.1) is 12.3 Å². The number of hydrogen-bond donors (Lipinski definition) is 2. The smallest absolute Gasteiger partial charge is 0.233 e. The Balaban J connectivity index is 2.07. The quantitative estimate of drug-likeness (QED) is 0.663. The van der Waals surface area contributed by atoms with Crippen LogP contribution in [0.15, 0.2) is 24.3 Å². The van der Waals surface area contributed by atoms with Crippen LogP contribution >= 0.6 is 12.2 Å². The molecule has 4 heteroatoms. The van der Waals surface area contributed by atoms with Crippen molar-refractivity contribution in [3.8, 4) is 0 Å². The molecule has 0 unspecified atom stereocenters. The van der Waals surface area contributed by atoms with Crippen LogP contribution in [0.5, 0.6) is 0 Å². The van der Waals surface area contributed by atoms with Gasteiger partial charge in [-0.25, -0.2) is 0 Å². The Hall–Kier alpha value is -1.42. The van der Waals surface area contributed by atoms with Gasteiger partial charge in [-0.3, -0.25) is 4.79 Å². The van der Waals surface area contributed by atoms with E-state index in [1.165, 1.54) is 5.56 Å². The van der Waals surface area contributed by atoms with E-state index < -0.39 is 5.41 Å². The Morgan fingerprint density at radius 3 is 2.52 bits per heavy atom. The number of thiocarbonyl (C=S) groups is 1. The van der Waals surface area contributed by atoms with Crippen LogP contribution in [-0.4, -0.2) is 10.9 Å². The fourth-order valence-corrected chi connectivity index (χ4v) is 3.39. The minimum atomic E-state index is -0.643. The molecule has 0 radical (unpaired) electrons. The number of nitrogens with two attached hydrogens (primary N) is 1. The van der Waals surface area contributed by atoms with Crippen molar-refractivity contribution in [2.24, 2.45) is 11.1 Å².